The number of allylic oxidation sites excluding steroid dienone is 4. The number of hydrogen-bond acceptors (Lipinski definition) is 5. The summed E-state index contributed by atoms with van der Waals surface area (Å²) in [7, 11) is 0. The minimum atomic E-state index is -0.531. The summed E-state index contributed by atoms with van der Waals surface area (Å²) in [6.07, 6.45) is 19.7. The molecule has 57 heavy (non-hydrogen) atoms. The van der Waals surface area contributed by atoms with Crippen LogP contribution in [0.2, 0.25) is 0 Å². The number of nitrogens with zero attached hydrogens (tertiary/aromatic N) is 2. The second kappa shape index (κ2) is 20.6. The van der Waals surface area contributed by atoms with Crippen molar-refractivity contribution in [2.75, 3.05) is 31.1 Å². The van der Waals surface area contributed by atoms with Crippen molar-refractivity contribution in [2.24, 2.45) is 0 Å². The zero-order valence-corrected chi connectivity index (χ0v) is 37.2. The van der Waals surface area contributed by atoms with Crippen LogP contribution in [-0.2, 0) is 20.3 Å². The molecule has 8 heteroatoms. The minimum Gasteiger partial charge on any atom is -0.444 e. The second-order valence-corrected chi connectivity index (χ2v) is 18.5. The molecule has 0 spiro atoms. The molecule has 2 aliphatic heterocycles. The predicted molar refractivity (Wildman–Crippen MR) is 237 cm³/mol. The van der Waals surface area contributed by atoms with Gasteiger partial charge in [0.25, 0.3) is 0 Å². The molecule has 0 bridgehead atoms. The normalized spacial score (nSPS) is 20.0. The van der Waals surface area contributed by atoms with Gasteiger partial charge < -0.3 is 25.0 Å². The summed E-state index contributed by atoms with van der Waals surface area (Å²) in [5, 5.41) is 5.95. The van der Waals surface area contributed by atoms with Gasteiger partial charge in [0.15, 0.2) is 12.3 Å². The van der Waals surface area contributed by atoms with Crippen molar-refractivity contribution < 1.29 is 23.6 Å². The van der Waals surface area contributed by atoms with Gasteiger partial charge in [-0.05, 0) is 92.4 Å². The Kier molecular flexibility index (Phi) is 16.5. The van der Waals surface area contributed by atoms with Crippen molar-refractivity contribution in [3.63, 3.8) is 0 Å². The summed E-state index contributed by atoms with van der Waals surface area (Å²) in [6.45, 7) is 23.4. The molecule has 2 atom stereocenters. The van der Waals surface area contributed by atoms with Gasteiger partial charge in [-0.1, -0.05) is 108 Å². The third-order valence-corrected chi connectivity index (χ3v) is 11.3. The van der Waals surface area contributed by atoms with E-state index in [4.69, 9.17) is 9.47 Å². The van der Waals surface area contributed by atoms with Gasteiger partial charge in [0.2, 0.25) is 5.69 Å². The lowest BCUT2D eigenvalue weighted by Gasteiger charge is -2.30. The highest BCUT2D eigenvalue weighted by Crippen LogP contribution is 2.51. The number of anilines is 1. The van der Waals surface area contributed by atoms with Crippen LogP contribution in [0.25, 0.3) is 0 Å². The third-order valence-electron chi connectivity index (χ3n) is 11.3. The number of para-hydroxylation sites is 2. The molecule has 2 heterocycles. The van der Waals surface area contributed by atoms with Crippen molar-refractivity contribution in [1.29, 1.82) is 0 Å². The fraction of sp³-hybridized carbons (Fsp3) is 0.612. The fourth-order valence-electron chi connectivity index (χ4n) is 8.56. The molecule has 0 radical (unpaired) electrons. The molecule has 0 fully saturated rings. The third kappa shape index (κ3) is 12.5. The first-order chi connectivity index (χ1) is 27.0. The van der Waals surface area contributed by atoms with Gasteiger partial charge >= 0.3 is 12.2 Å². The molecular formula is C49H75N4O4+. The maximum absolute atomic E-state index is 12.5. The first-order valence-corrected chi connectivity index (χ1v) is 22.0. The average molecular weight is 784 g/mol. The van der Waals surface area contributed by atoms with Crippen LogP contribution in [-0.4, -0.2) is 59.9 Å². The van der Waals surface area contributed by atoms with E-state index in [1.54, 1.807) is 0 Å². The summed E-state index contributed by atoms with van der Waals surface area (Å²) in [5.41, 5.74) is 6.53. The van der Waals surface area contributed by atoms with Gasteiger partial charge in [0.05, 0.1) is 5.41 Å². The number of carbonyl (C=O) groups is 2. The topological polar surface area (TPSA) is 82.9 Å². The summed E-state index contributed by atoms with van der Waals surface area (Å²) in [6, 6.07) is 17.8. The van der Waals surface area contributed by atoms with Crippen LogP contribution in [0.15, 0.2) is 72.5 Å². The zero-order valence-electron chi connectivity index (χ0n) is 37.2. The lowest BCUT2D eigenvalue weighted by atomic mass is 9.75. The van der Waals surface area contributed by atoms with Crippen molar-refractivity contribution >= 4 is 29.3 Å². The number of amides is 2. The molecule has 2 aromatic carbocycles. The van der Waals surface area contributed by atoms with E-state index in [1.165, 1.54) is 85.3 Å². The van der Waals surface area contributed by atoms with Gasteiger partial charge in [0.1, 0.15) is 11.2 Å². The fourth-order valence-corrected chi connectivity index (χ4v) is 8.56. The van der Waals surface area contributed by atoms with Crippen LogP contribution >= 0.6 is 0 Å². The molecule has 8 nitrogen and oxygen atoms in total. The number of nitrogens with one attached hydrogen (secondary N) is 2. The number of hydrogen-bond donors (Lipinski definition) is 2. The van der Waals surface area contributed by atoms with Gasteiger partial charge in [-0.2, -0.15) is 4.58 Å². The van der Waals surface area contributed by atoms with Crippen molar-refractivity contribution in [3.8, 4) is 0 Å². The van der Waals surface area contributed by atoms with E-state index < -0.39 is 11.2 Å². The Morgan fingerprint density at radius 3 is 1.84 bits per heavy atom. The lowest BCUT2D eigenvalue weighted by Crippen LogP contribution is -2.35. The Morgan fingerprint density at radius 1 is 0.702 bits per heavy atom. The first kappa shape index (κ1) is 45.6. The van der Waals surface area contributed by atoms with Crippen LogP contribution in [0.4, 0.5) is 21.0 Å². The van der Waals surface area contributed by atoms with Crippen LogP contribution in [0, 0.1) is 0 Å². The summed E-state index contributed by atoms with van der Waals surface area (Å²) in [5.74, 6) is 0. The number of rotatable bonds is 20. The van der Waals surface area contributed by atoms with Crippen LogP contribution in [0.3, 0.4) is 0 Å². The summed E-state index contributed by atoms with van der Waals surface area (Å²) >= 11 is 0. The average Bonchev–Trinajstić information content (AvgIpc) is 3.51. The highest BCUT2D eigenvalue weighted by Gasteiger charge is 2.47. The predicted octanol–water partition coefficient (Wildman–Crippen LogP) is 12.0. The molecule has 314 valence electrons. The highest BCUT2D eigenvalue weighted by atomic mass is 16.6. The van der Waals surface area contributed by atoms with Crippen LogP contribution in [0.5, 0.6) is 0 Å². The van der Waals surface area contributed by atoms with E-state index in [2.05, 4.69) is 115 Å². The van der Waals surface area contributed by atoms with Gasteiger partial charge in [0, 0.05) is 60.6 Å². The molecule has 2 N–H and O–H groups in total. The molecule has 2 amide bonds. The SMILES string of the molecule is CCCCCCC1(C)C(/C=C/C=C2\N(CCCNC(=O)OC(C)(C)C)c3ccccc3C2(C)CCCCCC)=[N+](CCCNC(=O)OC(C)(C)C)c2ccccc21. The molecule has 0 aromatic heterocycles. The molecule has 0 aliphatic carbocycles. The zero-order chi connectivity index (χ0) is 41.7. The maximum atomic E-state index is 12.5. The van der Waals surface area contributed by atoms with Gasteiger partial charge in [-0.3, -0.25) is 0 Å². The van der Waals surface area contributed by atoms with Crippen molar-refractivity contribution in [2.45, 2.75) is 168 Å². The Labute approximate surface area is 345 Å². The minimum absolute atomic E-state index is 0.146. The van der Waals surface area contributed by atoms with Crippen LogP contribution < -0.4 is 15.5 Å². The van der Waals surface area contributed by atoms with Gasteiger partial charge in [-0.15, -0.1) is 0 Å². The number of benzene rings is 2. The van der Waals surface area contributed by atoms with Crippen molar-refractivity contribution in [1.82, 2.24) is 10.6 Å². The van der Waals surface area contributed by atoms with E-state index in [1.807, 2.05) is 41.5 Å². The Balaban J connectivity index is 1.71. The standard InChI is InChI=1S/C49H74N4O4/c1-11-13-15-21-32-48(9)38-26-17-19-28-40(38)52(36-24-34-50-44(54)56-46(3,4)5)42(48)30-23-31-43-49(10,33-22-16-14-12-2)39-27-18-20-29-41(39)53(43)37-25-35-51-45(55)57-47(6,7)8/h17-20,23,26-31H,11-16,21-22,24-25,32-37H2,1-10H3,(H-,50,51,54,55)/p+1. The smallest absolute Gasteiger partial charge is 0.407 e. The number of alkyl carbamates (subject to hydrolysis) is 2. The highest BCUT2D eigenvalue weighted by molar-refractivity contribution is 6.03. The molecule has 4 rings (SSSR count). The van der Waals surface area contributed by atoms with E-state index in [0.717, 1.165) is 38.8 Å². The monoisotopic (exact) mass is 784 g/mol. The van der Waals surface area contributed by atoms with E-state index in [0.29, 0.717) is 13.1 Å². The number of carbonyl (C=O) groups excluding carboxylic acids is 2. The van der Waals surface area contributed by atoms with Crippen LogP contribution in [0.1, 0.15) is 157 Å². The lowest BCUT2D eigenvalue weighted by molar-refractivity contribution is -0.438. The first-order valence-electron chi connectivity index (χ1n) is 22.0. The Bertz CT molecular complexity index is 1730. The molecule has 2 aromatic rings. The number of unbranched alkanes of at least 4 members (excludes halogenated alkanes) is 6. The molecule has 2 unspecified atom stereocenters. The summed E-state index contributed by atoms with van der Waals surface area (Å²) < 4.78 is 13.5. The van der Waals surface area contributed by atoms with E-state index >= 15 is 0 Å². The van der Waals surface area contributed by atoms with Crippen molar-refractivity contribution in [3.05, 3.63) is 83.6 Å². The summed E-state index contributed by atoms with van der Waals surface area (Å²) in [4.78, 5) is 27.5. The van der Waals surface area contributed by atoms with E-state index in [9.17, 15) is 9.59 Å². The number of ether oxygens (including phenoxy) is 2. The molecule has 0 saturated carbocycles. The molecular weight excluding hydrogens is 709 g/mol. The van der Waals surface area contributed by atoms with E-state index in [-0.39, 0.29) is 23.0 Å². The Hall–Kier alpha value is -4.07. The van der Waals surface area contributed by atoms with Gasteiger partial charge in [-0.25, -0.2) is 9.59 Å². The largest absolute Gasteiger partial charge is 0.444 e. The Morgan fingerprint density at radius 2 is 1.25 bits per heavy atom. The maximum Gasteiger partial charge on any atom is 0.407 e. The molecule has 2 aliphatic rings. The second-order valence-electron chi connectivity index (χ2n) is 18.5. The quantitative estimate of drug-likeness (QED) is 0.103. The number of fused-ring (bicyclic) bond motifs is 2. The molecule has 0 saturated heterocycles.